The van der Waals surface area contributed by atoms with E-state index < -0.39 is 0 Å². The summed E-state index contributed by atoms with van der Waals surface area (Å²) < 4.78 is 5.20. The Labute approximate surface area is 95.6 Å². The summed E-state index contributed by atoms with van der Waals surface area (Å²) in [7, 11) is 1.75. The Balaban J connectivity index is 2.01. The van der Waals surface area contributed by atoms with E-state index in [1.165, 1.54) is 12.8 Å². The van der Waals surface area contributed by atoms with Gasteiger partial charge in [-0.1, -0.05) is 0 Å². The minimum atomic E-state index is 0.583. The molecule has 0 aromatic carbocycles. The average Bonchev–Trinajstić information content (AvgIpc) is 2.31. The molecular formula is C11H18N4O. The lowest BCUT2D eigenvalue weighted by Gasteiger charge is -2.32. The molecule has 2 N–H and O–H groups in total. The minimum Gasteiger partial charge on any atom is -0.396 e. The zero-order chi connectivity index (χ0) is 11.4. The van der Waals surface area contributed by atoms with E-state index in [0.29, 0.717) is 11.6 Å². The SMILES string of the molecule is COCC1CCCN(c2ncc(N)cn2)C1. The van der Waals surface area contributed by atoms with Crippen molar-refractivity contribution in [2.45, 2.75) is 12.8 Å². The van der Waals surface area contributed by atoms with E-state index in [1.807, 2.05) is 0 Å². The molecule has 0 spiro atoms. The highest BCUT2D eigenvalue weighted by Crippen LogP contribution is 2.20. The first-order valence-electron chi connectivity index (χ1n) is 5.61. The molecule has 5 nitrogen and oxygen atoms in total. The highest BCUT2D eigenvalue weighted by atomic mass is 16.5. The number of nitrogen functional groups attached to an aromatic ring is 1. The Morgan fingerprint density at radius 3 is 2.94 bits per heavy atom. The normalized spacial score (nSPS) is 21.1. The first-order valence-corrected chi connectivity index (χ1v) is 5.61. The lowest BCUT2D eigenvalue weighted by molar-refractivity contribution is 0.143. The second kappa shape index (κ2) is 5.12. The molecule has 1 aromatic heterocycles. The summed E-state index contributed by atoms with van der Waals surface area (Å²) in [5.41, 5.74) is 6.17. The predicted molar refractivity (Wildman–Crippen MR) is 63.3 cm³/mol. The Hall–Kier alpha value is -1.36. The van der Waals surface area contributed by atoms with Crippen molar-refractivity contribution in [3.63, 3.8) is 0 Å². The summed E-state index contributed by atoms with van der Waals surface area (Å²) in [4.78, 5) is 10.7. The van der Waals surface area contributed by atoms with Crippen LogP contribution in [0.4, 0.5) is 11.6 Å². The first-order chi connectivity index (χ1) is 7.79. The van der Waals surface area contributed by atoms with Crippen LogP contribution in [0.15, 0.2) is 12.4 Å². The van der Waals surface area contributed by atoms with Crippen molar-refractivity contribution < 1.29 is 4.74 Å². The van der Waals surface area contributed by atoms with Crippen LogP contribution >= 0.6 is 0 Å². The van der Waals surface area contributed by atoms with Crippen molar-refractivity contribution in [1.29, 1.82) is 0 Å². The van der Waals surface area contributed by atoms with Gasteiger partial charge >= 0.3 is 0 Å². The van der Waals surface area contributed by atoms with Gasteiger partial charge in [0.2, 0.25) is 5.95 Å². The molecule has 1 aliphatic rings. The highest BCUT2D eigenvalue weighted by Gasteiger charge is 2.21. The third kappa shape index (κ3) is 2.61. The number of methoxy groups -OCH3 is 1. The number of aromatic nitrogens is 2. The number of hydrogen-bond donors (Lipinski definition) is 1. The number of nitrogens with zero attached hydrogens (tertiary/aromatic N) is 3. The summed E-state index contributed by atoms with van der Waals surface area (Å²) in [6, 6.07) is 0. The number of ether oxygens (including phenoxy) is 1. The molecule has 2 rings (SSSR count). The molecule has 2 heterocycles. The molecule has 0 saturated carbocycles. The summed E-state index contributed by atoms with van der Waals surface area (Å²) in [6.45, 7) is 2.80. The van der Waals surface area contributed by atoms with Gasteiger partial charge in [0.05, 0.1) is 24.7 Å². The van der Waals surface area contributed by atoms with Gasteiger partial charge in [0.25, 0.3) is 0 Å². The van der Waals surface area contributed by atoms with Gasteiger partial charge in [-0.25, -0.2) is 9.97 Å². The van der Waals surface area contributed by atoms with E-state index in [-0.39, 0.29) is 0 Å². The van der Waals surface area contributed by atoms with E-state index >= 15 is 0 Å². The van der Waals surface area contributed by atoms with Crippen LogP contribution < -0.4 is 10.6 Å². The molecule has 1 aromatic rings. The summed E-state index contributed by atoms with van der Waals surface area (Å²) in [6.07, 6.45) is 5.70. The molecule has 5 heteroatoms. The molecule has 1 fully saturated rings. The molecular weight excluding hydrogens is 204 g/mol. The smallest absolute Gasteiger partial charge is 0.225 e. The Morgan fingerprint density at radius 2 is 2.25 bits per heavy atom. The van der Waals surface area contributed by atoms with Gasteiger partial charge in [0.15, 0.2) is 0 Å². The summed E-state index contributed by atoms with van der Waals surface area (Å²) in [5, 5.41) is 0. The van der Waals surface area contributed by atoms with Crippen LogP contribution in [-0.4, -0.2) is 36.8 Å². The number of nitrogens with two attached hydrogens (primary N) is 1. The second-order valence-electron chi connectivity index (χ2n) is 4.23. The number of hydrogen-bond acceptors (Lipinski definition) is 5. The van der Waals surface area contributed by atoms with E-state index in [0.717, 1.165) is 25.6 Å². The van der Waals surface area contributed by atoms with Gasteiger partial charge < -0.3 is 15.4 Å². The fourth-order valence-corrected chi connectivity index (χ4v) is 2.11. The molecule has 1 saturated heterocycles. The van der Waals surface area contributed by atoms with Gasteiger partial charge in [-0.3, -0.25) is 0 Å². The molecule has 16 heavy (non-hydrogen) atoms. The van der Waals surface area contributed by atoms with Crippen molar-refractivity contribution in [3.8, 4) is 0 Å². The van der Waals surface area contributed by atoms with Crippen LogP contribution in [0.3, 0.4) is 0 Å². The molecule has 0 amide bonds. The van der Waals surface area contributed by atoms with Crippen LogP contribution in [0.5, 0.6) is 0 Å². The van der Waals surface area contributed by atoms with E-state index in [1.54, 1.807) is 19.5 Å². The maximum Gasteiger partial charge on any atom is 0.225 e. The zero-order valence-electron chi connectivity index (χ0n) is 9.59. The van der Waals surface area contributed by atoms with Gasteiger partial charge in [-0.2, -0.15) is 0 Å². The lowest BCUT2D eigenvalue weighted by atomic mass is 9.99. The maximum absolute atomic E-state index is 5.57. The van der Waals surface area contributed by atoms with Crippen LogP contribution in [0.1, 0.15) is 12.8 Å². The van der Waals surface area contributed by atoms with E-state index in [9.17, 15) is 0 Å². The third-order valence-corrected chi connectivity index (χ3v) is 2.86. The molecule has 1 unspecified atom stereocenters. The van der Waals surface area contributed by atoms with Gasteiger partial charge in [-0.05, 0) is 18.8 Å². The predicted octanol–water partition coefficient (Wildman–Crippen LogP) is 0.922. The van der Waals surface area contributed by atoms with Gasteiger partial charge in [0, 0.05) is 20.2 Å². The fourth-order valence-electron chi connectivity index (χ4n) is 2.11. The molecule has 88 valence electrons. The van der Waals surface area contributed by atoms with Crippen molar-refractivity contribution >= 4 is 11.6 Å². The van der Waals surface area contributed by atoms with E-state index in [2.05, 4.69) is 14.9 Å². The van der Waals surface area contributed by atoms with Gasteiger partial charge in [-0.15, -0.1) is 0 Å². The molecule has 1 atom stereocenters. The van der Waals surface area contributed by atoms with E-state index in [4.69, 9.17) is 10.5 Å². The highest BCUT2D eigenvalue weighted by molar-refractivity contribution is 5.38. The Kier molecular flexibility index (Phi) is 3.56. The number of anilines is 2. The second-order valence-corrected chi connectivity index (χ2v) is 4.23. The monoisotopic (exact) mass is 222 g/mol. The van der Waals surface area contributed by atoms with Crippen molar-refractivity contribution in [2.24, 2.45) is 5.92 Å². The number of piperidine rings is 1. The van der Waals surface area contributed by atoms with Crippen LogP contribution in [-0.2, 0) is 4.74 Å². The molecule has 0 radical (unpaired) electrons. The zero-order valence-corrected chi connectivity index (χ0v) is 9.59. The number of rotatable bonds is 3. The fraction of sp³-hybridized carbons (Fsp3) is 0.636. The lowest BCUT2D eigenvalue weighted by Crippen LogP contribution is -2.38. The third-order valence-electron chi connectivity index (χ3n) is 2.86. The Morgan fingerprint density at radius 1 is 1.50 bits per heavy atom. The van der Waals surface area contributed by atoms with Crippen molar-refractivity contribution in [1.82, 2.24) is 9.97 Å². The van der Waals surface area contributed by atoms with Crippen LogP contribution in [0.2, 0.25) is 0 Å². The average molecular weight is 222 g/mol. The van der Waals surface area contributed by atoms with Crippen molar-refractivity contribution in [3.05, 3.63) is 12.4 Å². The maximum atomic E-state index is 5.57. The Bertz CT molecular complexity index is 325. The van der Waals surface area contributed by atoms with Gasteiger partial charge in [0.1, 0.15) is 0 Å². The molecule has 1 aliphatic heterocycles. The molecule has 0 bridgehead atoms. The topological polar surface area (TPSA) is 64.3 Å². The largest absolute Gasteiger partial charge is 0.396 e. The quantitative estimate of drug-likeness (QED) is 0.824. The first kappa shape index (κ1) is 11.1. The summed E-state index contributed by atoms with van der Waals surface area (Å²) >= 11 is 0. The minimum absolute atomic E-state index is 0.583. The van der Waals surface area contributed by atoms with Crippen LogP contribution in [0, 0.1) is 5.92 Å². The van der Waals surface area contributed by atoms with Crippen LogP contribution in [0.25, 0.3) is 0 Å². The van der Waals surface area contributed by atoms with Crippen molar-refractivity contribution in [2.75, 3.05) is 37.4 Å². The standard InChI is InChI=1S/C11H18N4O/c1-16-8-9-3-2-4-15(7-9)11-13-5-10(12)6-14-11/h5-6,9H,2-4,7-8,12H2,1H3. The molecule has 0 aliphatic carbocycles. The summed E-state index contributed by atoms with van der Waals surface area (Å²) in [5.74, 6) is 1.36.